The minimum atomic E-state index is -0.455. The number of nitrogens with one attached hydrogen (secondary N) is 1. The summed E-state index contributed by atoms with van der Waals surface area (Å²) in [6.45, 7) is 1.02. The molecular formula is C8H10ClFN2O. The van der Waals surface area contributed by atoms with Gasteiger partial charge in [0.05, 0.1) is 11.6 Å². The first kappa shape index (κ1) is 10.2. The highest BCUT2D eigenvalue weighted by Crippen LogP contribution is 2.14. The van der Waals surface area contributed by atoms with Gasteiger partial charge in [0.2, 0.25) is 0 Å². The van der Waals surface area contributed by atoms with Crippen LogP contribution in [0, 0.1) is 5.82 Å². The minimum Gasteiger partial charge on any atom is -0.383 e. The maximum absolute atomic E-state index is 13.0. The smallest absolute Gasteiger partial charge is 0.166 e. The van der Waals surface area contributed by atoms with Crippen molar-refractivity contribution in [1.29, 1.82) is 0 Å². The van der Waals surface area contributed by atoms with Gasteiger partial charge in [-0.3, -0.25) is 0 Å². The Labute approximate surface area is 80.9 Å². The molecule has 0 saturated carbocycles. The molecule has 0 aromatic carbocycles. The third-order valence-electron chi connectivity index (χ3n) is 1.41. The van der Waals surface area contributed by atoms with Crippen molar-refractivity contribution in [3.8, 4) is 0 Å². The van der Waals surface area contributed by atoms with Crippen molar-refractivity contribution < 1.29 is 9.13 Å². The number of hydrogen-bond donors (Lipinski definition) is 1. The van der Waals surface area contributed by atoms with Gasteiger partial charge in [0, 0.05) is 19.9 Å². The second-order valence-electron chi connectivity index (χ2n) is 2.40. The monoisotopic (exact) mass is 204 g/mol. The molecule has 1 heterocycles. The maximum Gasteiger partial charge on any atom is 0.166 e. The zero-order valence-electron chi connectivity index (χ0n) is 7.18. The van der Waals surface area contributed by atoms with Gasteiger partial charge in [0.25, 0.3) is 0 Å². The topological polar surface area (TPSA) is 34.1 Å². The Kier molecular flexibility index (Phi) is 3.92. The van der Waals surface area contributed by atoms with E-state index in [4.69, 9.17) is 16.3 Å². The normalized spacial score (nSPS) is 10.1. The van der Waals surface area contributed by atoms with Crippen LogP contribution < -0.4 is 5.32 Å². The summed E-state index contributed by atoms with van der Waals surface area (Å²) in [5, 5.41) is 3.06. The summed E-state index contributed by atoms with van der Waals surface area (Å²) in [6, 6.07) is 1.21. The molecule has 0 bridgehead atoms. The van der Waals surface area contributed by atoms with Gasteiger partial charge in [-0.25, -0.2) is 9.37 Å². The SMILES string of the molecule is COCCNc1ncc(Cl)cc1F. The third-order valence-corrected chi connectivity index (χ3v) is 1.61. The van der Waals surface area contributed by atoms with Gasteiger partial charge >= 0.3 is 0 Å². The van der Waals surface area contributed by atoms with Crippen LogP contribution in [0.4, 0.5) is 10.2 Å². The number of aromatic nitrogens is 1. The first-order valence-corrected chi connectivity index (χ1v) is 4.15. The number of ether oxygens (including phenoxy) is 1. The van der Waals surface area contributed by atoms with Gasteiger partial charge in [-0.1, -0.05) is 11.6 Å². The van der Waals surface area contributed by atoms with Crippen LogP contribution in [0.25, 0.3) is 0 Å². The molecule has 0 aliphatic rings. The molecule has 1 aromatic heterocycles. The highest BCUT2D eigenvalue weighted by Gasteiger charge is 2.02. The Balaban J connectivity index is 2.56. The summed E-state index contributed by atoms with van der Waals surface area (Å²) < 4.78 is 17.8. The van der Waals surface area contributed by atoms with Gasteiger partial charge in [-0.2, -0.15) is 0 Å². The van der Waals surface area contributed by atoms with E-state index in [1.807, 2.05) is 0 Å². The Hall–Kier alpha value is -0.870. The van der Waals surface area contributed by atoms with E-state index >= 15 is 0 Å². The zero-order chi connectivity index (χ0) is 9.68. The standard InChI is InChI=1S/C8H10ClFN2O/c1-13-3-2-11-8-7(10)4-6(9)5-12-8/h4-5H,2-3H2,1H3,(H,11,12). The average Bonchev–Trinajstić information content (AvgIpc) is 2.09. The maximum atomic E-state index is 13.0. The molecule has 0 spiro atoms. The number of anilines is 1. The zero-order valence-corrected chi connectivity index (χ0v) is 7.94. The second-order valence-corrected chi connectivity index (χ2v) is 2.84. The molecule has 0 amide bonds. The molecule has 0 saturated heterocycles. The Morgan fingerprint density at radius 2 is 2.46 bits per heavy atom. The van der Waals surface area contributed by atoms with E-state index < -0.39 is 5.82 Å². The van der Waals surface area contributed by atoms with E-state index in [-0.39, 0.29) is 10.8 Å². The fourth-order valence-electron chi connectivity index (χ4n) is 0.816. The molecule has 0 aliphatic heterocycles. The predicted octanol–water partition coefficient (Wildman–Crippen LogP) is 1.93. The minimum absolute atomic E-state index is 0.196. The van der Waals surface area contributed by atoms with Crippen molar-refractivity contribution in [1.82, 2.24) is 4.98 Å². The summed E-state index contributed by atoms with van der Waals surface area (Å²) in [5.74, 6) is -0.259. The third kappa shape index (κ3) is 3.16. The molecule has 3 nitrogen and oxygen atoms in total. The number of hydrogen-bond acceptors (Lipinski definition) is 3. The highest BCUT2D eigenvalue weighted by atomic mass is 35.5. The van der Waals surface area contributed by atoms with Gasteiger partial charge in [0.1, 0.15) is 0 Å². The Bertz CT molecular complexity index is 283. The molecule has 72 valence electrons. The lowest BCUT2D eigenvalue weighted by Gasteiger charge is -2.05. The van der Waals surface area contributed by atoms with Crippen molar-refractivity contribution in [2.75, 3.05) is 25.6 Å². The van der Waals surface area contributed by atoms with E-state index in [1.165, 1.54) is 12.3 Å². The summed E-state index contributed by atoms with van der Waals surface area (Å²) >= 11 is 5.52. The summed E-state index contributed by atoms with van der Waals surface area (Å²) in [4.78, 5) is 3.78. The van der Waals surface area contributed by atoms with Crippen LogP contribution in [0.2, 0.25) is 5.02 Å². The van der Waals surface area contributed by atoms with E-state index in [0.29, 0.717) is 13.2 Å². The lowest BCUT2D eigenvalue weighted by Crippen LogP contribution is -2.10. The number of methoxy groups -OCH3 is 1. The van der Waals surface area contributed by atoms with Crippen molar-refractivity contribution >= 4 is 17.4 Å². The number of pyridine rings is 1. The van der Waals surface area contributed by atoms with Crippen LogP contribution in [0.3, 0.4) is 0 Å². The number of rotatable bonds is 4. The fourth-order valence-corrected chi connectivity index (χ4v) is 0.961. The summed E-state index contributed by atoms with van der Waals surface area (Å²) in [6.07, 6.45) is 1.39. The molecular weight excluding hydrogens is 195 g/mol. The summed E-state index contributed by atoms with van der Waals surface area (Å²) in [7, 11) is 1.58. The quantitative estimate of drug-likeness (QED) is 0.762. The van der Waals surface area contributed by atoms with Gasteiger partial charge in [-0.15, -0.1) is 0 Å². The molecule has 0 aliphatic carbocycles. The second kappa shape index (κ2) is 4.99. The first-order chi connectivity index (χ1) is 6.24. The van der Waals surface area contributed by atoms with Crippen LogP contribution in [0.1, 0.15) is 0 Å². The number of nitrogens with zero attached hydrogens (tertiary/aromatic N) is 1. The van der Waals surface area contributed by atoms with E-state index in [1.54, 1.807) is 7.11 Å². The molecule has 13 heavy (non-hydrogen) atoms. The molecule has 0 radical (unpaired) electrons. The van der Waals surface area contributed by atoms with Gasteiger partial charge < -0.3 is 10.1 Å². The first-order valence-electron chi connectivity index (χ1n) is 3.78. The average molecular weight is 205 g/mol. The van der Waals surface area contributed by atoms with E-state index in [0.717, 1.165) is 0 Å². The molecule has 1 aromatic rings. The van der Waals surface area contributed by atoms with Crippen molar-refractivity contribution in [3.63, 3.8) is 0 Å². The fraction of sp³-hybridized carbons (Fsp3) is 0.375. The van der Waals surface area contributed by atoms with Gasteiger partial charge in [-0.05, 0) is 6.07 Å². The van der Waals surface area contributed by atoms with E-state index in [2.05, 4.69) is 10.3 Å². The van der Waals surface area contributed by atoms with Crippen LogP contribution in [-0.2, 0) is 4.74 Å². The van der Waals surface area contributed by atoms with Crippen molar-refractivity contribution in [2.45, 2.75) is 0 Å². The molecule has 0 fully saturated rings. The van der Waals surface area contributed by atoms with E-state index in [9.17, 15) is 4.39 Å². The van der Waals surface area contributed by atoms with Crippen LogP contribution in [-0.4, -0.2) is 25.2 Å². The lowest BCUT2D eigenvalue weighted by atomic mass is 10.4. The van der Waals surface area contributed by atoms with Crippen molar-refractivity contribution in [3.05, 3.63) is 23.1 Å². The molecule has 5 heteroatoms. The van der Waals surface area contributed by atoms with Crippen molar-refractivity contribution in [2.24, 2.45) is 0 Å². The van der Waals surface area contributed by atoms with Crippen LogP contribution in [0.15, 0.2) is 12.3 Å². The Morgan fingerprint density at radius 3 is 3.08 bits per heavy atom. The number of halogens is 2. The van der Waals surface area contributed by atoms with Gasteiger partial charge in [0.15, 0.2) is 11.6 Å². The lowest BCUT2D eigenvalue weighted by molar-refractivity contribution is 0.210. The Morgan fingerprint density at radius 1 is 1.69 bits per heavy atom. The van der Waals surface area contributed by atoms with Crippen LogP contribution in [0.5, 0.6) is 0 Å². The summed E-state index contributed by atoms with van der Waals surface area (Å²) in [5.41, 5.74) is 0. The molecule has 0 unspecified atom stereocenters. The largest absolute Gasteiger partial charge is 0.383 e. The molecule has 0 atom stereocenters. The molecule has 1 rings (SSSR count). The molecule has 1 N–H and O–H groups in total. The van der Waals surface area contributed by atoms with Crippen LogP contribution >= 0.6 is 11.6 Å². The predicted molar refractivity (Wildman–Crippen MR) is 49.6 cm³/mol. The highest BCUT2D eigenvalue weighted by molar-refractivity contribution is 6.30.